The maximum absolute atomic E-state index is 13.3. The van der Waals surface area contributed by atoms with Crippen LogP contribution in [0.5, 0.6) is 0 Å². The molecule has 76 valence electrons. The Kier molecular flexibility index (Phi) is 3.23. The van der Waals surface area contributed by atoms with Crippen molar-refractivity contribution in [3.05, 3.63) is 34.6 Å². The highest BCUT2D eigenvalue weighted by Crippen LogP contribution is 2.18. The summed E-state index contributed by atoms with van der Waals surface area (Å²) in [5.41, 5.74) is 2.37. The Morgan fingerprint density at radius 1 is 1.43 bits per heavy atom. The van der Waals surface area contributed by atoms with Gasteiger partial charge in [0.15, 0.2) is 0 Å². The Bertz CT molecular complexity index is 359. The molecule has 14 heavy (non-hydrogen) atoms. The first kappa shape index (κ1) is 10.7. The van der Waals surface area contributed by atoms with Gasteiger partial charge in [0.05, 0.1) is 0 Å². The summed E-state index contributed by atoms with van der Waals surface area (Å²) in [6.07, 6.45) is 0.232. The highest BCUT2D eigenvalue weighted by atomic mass is 19.1. The maximum Gasteiger partial charge on any atom is 0.303 e. The van der Waals surface area contributed by atoms with Crippen molar-refractivity contribution < 1.29 is 14.3 Å². The summed E-state index contributed by atoms with van der Waals surface area (Å²) in [5, 5.41) is 8.50. The van der Waals surface area contributed by atoms with Crippen molar-refractivity contribution in [3.8, 4) is 0 Å². The number of aliphatic carboxylic acids is 1. The minimum atomic E-state index is -0.898. The molecule has 2 nitrogen and oxygen atoms in total. The van der Waals surface area contributed by atoms with Gasteiger partial charge in [-0.3, -0.25) is 4.79 Å². The van der Waals surface area contributed by atoms with Gasteiger partial charge in [-0.2, -0.15) is 0 Å². The maximum atomic E-state index is 13.3. The van der Waals surface area contributed by atoms with Gasteiger partial charge in [-0.1, -0.05) is 6.07 Å². The lowest BCUT2D eigenvalue weighted by Gasteiger charge is -2.08. The second-order valence-electron chi connectivity index (χ2n) is 3.36. The molecular weight excluding hydrogens is 183 g/mol. The molecule has 0 heterocycles. The van der Waals surface area contributed by atoms with Gasteiger partial charge in [0.2, 0.25) is 0 Å². The molecule has 1 N–H and O–H groups in total. The van der Waals surface area contributed by atoms with E-state index < -0.39 is 5.97 Å². The van der Waals surface area contributed by atoms with Crippen molar-refractivity contribution >= 4 is 5.97 Å². The van der Waals surface area contributed by atoms with E-state index in [9.17, 15) is 9.18 Å². The Labute approximate surface area is 82.4 Å². The van der Waals surface area contributed by atoms with Crippen molar-refractivity contribution in [3.63, 3.8) is 0 Å². The third-order valence-corrected chi connectivity index (χ3v) is 2.40. The van der Waals surface area contributed by atoms with Crippen LogP contribution in [0.1, 0.15) is 23.1 Å². The monoisotopic (exact) mass is 196 g/mol. The number of rotatable bonds is 3. The Morgan fingerprint density at radius 2 is 2.07 bits per heavy atom. The second-order valence-corrected chi connectivity index (χ2v) is 3.36. The highest BCUT2D eigenvalue weighted by Gasteiger charge is 2.09. The van der Waals surface area contributed by atoms with Gasteiger partial charge < -0.3 is 5.11 Å². The fourth-order valence-corrected chi connectivity index (χ4v) is 1.38. The van der Waals surface area contributed by atoms with Gasteiger partial charge in [-0.25, -0.2) is 4.39 Å². The van der Waals surface area contributed by atoms with E-state index in [2.05, 4.69) is 0 Å². The molecule has 0 saturated heterocycles. The van der Waals surface area contributed by atoms with E-state index in [1.807, 2.05) is 13.8 Å². The van der Waals surface area contributed by atoms with Crippen molar-refractivity contribution in [2.24, 2.45) is 0 Å². The summed E-state index contributed by atoms with van der Waals surface area (Å²) in [4.78, 5) is 10.4. The minimum absolute atomic E-state index is 0.0266. The van der Waals surface area contributed by atoms with Crippen LogP contribution >= 0.6 is 0 Å². The molecule has 1 rings (SSSR count). The lowest BCUT2D eigenvalue weighted by molar-refractivity contribution is -0.136. The molecule has 0 aliphatic heterocycles. The second kappa shape index (κ2) is 4.22. The van der Waals surface area contributed by atoms with Crippen LogP contribution < -0.4 is 0 Å². The lowest BCUT2D eigenvalue weighted by Crippen LogP contribution is -2.02. The zero-order valence-corrected chi connectivity index (χ0v) is 8.30. The molecule has 0 amide bonds. The summed E-state index contributed by atoms with van der Waals surface area (Å²) in [7, 11) is 0. The molecule has 0 bridgehead atoms. The topological polar surface area (TPSA) is 37.3 Å². The number of hydrogen-bond acceptors (Lipinski definition) is 1. The van der Waals surface area contributed by atoms with Crippen LogP contribution in [0.2, 0.25) is 0 Å². The normalized spacial score (nSPS) is 10.2. The van der Waals surface area contributed by atoms with Crippen molar-refractivity contribution in [1.29, 1.82) is 0 Å². The van der Waals surface area contributed by atoms with Gasteiger partial charge >= 0.3 is 5.97 Å². The molecule has 0 aliphatic rings. The number of benzene rings is 1. The average molecular weight is 196 g/mol. The molecular formula is C11H13FO2. The molecule has 0 aromatic heterocycles. The molecule has 0 radical (unpaired) electrons. The first-order chi connectivity index (χ1) is 6.52. The Hall–Kier alpha value is -1.38. The van der Waals surface area contributed by atoms with E-state index in [1.165, 1.54) is 6.07 Å². The molecule has 1 aromatic carbocycles. The fraction of sp³-hybridized carbons (Fsp3) is 0.364. The Morgan fingerprint density at radius 3 is 2.64 bits per heavy atom. The van der Waals surface area contributed by atoms with Crippen LogP contribution in [0, 0.1) is 19.7 Å². The summed E-state index contributed by atoms with van der Waals surface area (Å²) in [6, 6.07) is 3.09. The van der Waals surface area contributed by atoms with Crippen LogP contribution in [0.15, 0.2) is 12.1 Å². The quantitative estimate of drug-likeness (QED) is 0.806. The lowest BCUT2D eigenvalue weighted by atomic mass is 9.99. The van der Waals surface area contributed by atoms with E-state index in [0.29, 0.717) is 5.56 Å². The molecule has 0 unspecified atom stereocenters. The number of halogens is 1. The van der Waals surface area contributed by atoms with Gasteiger partial charge in [0.1, 0.15) is 5.82 Å². The van der Waals surface area contributed by atoms with Gasteiger partial charge in [0.25, 0.3) is 0 Å². The van der Waals surface area contributed by atoms with E-state index in [1.54, 1.807) is 6.07 Å². The van der Waals surface area contributed by atoms with E-state index in [0.717, 1.165) is 11.1 Å². The predicted octanol–water partition coefficient (Wildman–Crippen LogP) is 2.46. The molecule has 1 aromatic rings. The van der Waals surface area contributed by atoms with Gasteiger partial charge in [0, 0.05) is 6.42 Å². The summed E-state index contributed by atoms with van der Waals surface area (Å²) >= 11 is 0. The number of hydrogen-bond donors (Lipinski definition) is 1. The number of carboxylic acid groups (broad SMARTS) is 1. The van der Waals surface area contributed by atoms with Crippen molar-refractivity contribution in [1.82, 2.24) is 0 Å². The Balaban J connectivity index is 2.95. The van der Waals surface area contributed by atoms with Gasteiger partial charge in [-0.15, -0.1) is 0 Å². The molecule has 0 fully saturated rings. The SMILES string of the molecule is Cc1ccc(F)c(CCC(=O)O)c1C. The van der Waals surface area contributed by atoms with Crippen LogP contribution in [-0.2, 0) is 11.2 Å². The van der Waals surface area contributed by atoms with Crippen LogP contribution in [0.25, 0.3) is 0 Å². The largest absolute Gasteiger partial charge is 0.481 e. The molecule has 0 spiro atoms. The van der Waals surface area contributed by atoms with Crippen molar-refractivity contribution in [2.45, 2.75) is 26.7 Å². The average Bonchev–Trinajstić information content (AvgIpc) is 2.11. The van der Waals surface area contributed by atoms with Crippen LogP contribution in [0.3, 0.4) is 0 Å². The predicted molar refractivity (Wildman–Crippen MR) is 51.8 cm³/mol. The van der Waals surface area contributed by atoms with Crippen LogP contribution in [0.4, 0.5) is 4.39 Å². The number of aryl methyl sites for hydroxylation is 1. The zero-order chi connectivity index (χ0) is 10.7. The van der Waals surface area contributed by atoms with E-state index in [4.69, 9.17) is 5.11 Å². The first-order valence-electron chi connectivity index (χ1n) is 4.48. The van der Waals surface area contributed by atoms with E-state index >= 15 is 0 Å². The third-order valence-electron chi connectivity index (χ3n) is 2.40. The first-order valence-corrected chi connectivity index (χ1v) is 4.48. The standard InChI is InChI=1S/C11H13FO2/c1-7-3-5-10(12)9(8(7)2)4-6-11(13)14/h3,5H,4,6H2,1-2H3,(H,13,14). The molecule has 0 saturated carbocycles. The summed E-state index contributed by atoms with van der Waals surface area (Å²) in [5.74, 6) is -1.21. The zero-order valence-electron chi connectivity index (χ0n) is 8.30. The number of carbonyl (C=O) groups is 1. The molecule has 0 atom stereocenters. The number of carboxylic acids is 1. The summed E-state index contributed by atoms with van der Waals surface area (Å²) in [6.45, 7) is 3.70. The third kappa shape index (κ3) is 2.31. The molecule has 3 heteroatoms. The highest BCUT2D eigenvalue weighted by molar-refractivity contribution is 5.67. The van der Waals surface area contributed by atoms with Crippen LogP contribution in [-0.4, -0.2) is 11.1 Å². The summed E-state index contributed by atoms with van der Waals surface area (Å²) < 4.78 is 13.3. The minimum Gasteiger partial charge on any atom is -0.481 e. The fourth-order valence-electron chi connectivity index (χ4n) is 1.38. The smallest absolute Gasteiger partial charge is 0.303 e. The van der Waals surface area contributed by atoms with E-state index in [-0.39, 0.29) is 18.7 Å². The van der Waals surface area contributed by atoms with Crippen molar-refractivity contribution in [2.75, 3.05) is 0 Å². The van der Waals surface area contributed by atoms with Gasteiger partial charge in [-0.05, 0) is 43.0 Å². The molecule has 0 aliphatic carbocycles.